The van der Waals surface area contributed by atoms with E-state index >= 15 is 0 Å². The van der Waals surface area contributed by atoms with Gasteiger partial charge in [0.2, 0.25) is 0 Å². The molecule has 0 aromatic carbocycles. The predicted molar refractivity (Wildman–Crippen MR) is 141 cm³/mol. The molecule has 0 saturated carbocycles. The third-order valence-electron chi connectivity index (χ3n) is 0. The largest absolute Gasteiger partial charge is 0.166 e. The Morgan fingerprint density at radius 1 is 0.114 bits per heavy atom. The second-order valence-corrected chi connectivity index (χ2v) is 5.77. The second kappa shape index (κ2) is 274. The Morgan fingerprint density at radius 2 is 0.114 bits per heavy atom. The van der Waals surface area contributed by atoms with Crippen LogP contribution in [0.15, 0.2) is 0 Å². The Morgan fingerprint density at radius 3 is 0.114 bits per heavy atom. The zero-order chi connectivity index (χ0) is 29.8. The first kappa shape index (κ1) is 145. The van der Waals surface area contributed by atoms with Crippen molar-refractivity contribution in [3.63, 3.8) is 0 Å². The van der Waals surface area contributed by atoms with Crippen LogP contribution in [0.3, 0.4) is 0 Å². The Hall–Kier alpha value is 15.7. The molecule has 0 fully saturated rings. The van der Waals surface area contributed by atoms with Crippen LogP contribution in [0, 0.1) is 0 Å². The average molecular weight is 1960 g/mol. The molecule has 0 rings (SSSR count). The molecule has 0 aliphatic carbocycles. The van der Waals surface area contributed by atoms with E-state index in [9.17, 15) is 0 Å². The molecule has 44 heteroatoms. The van der Waals surface area contributed by atoms with Crippen molar-refractivity contribution >= 4 is 261 Å². The topological polar surface area (TPSA) is 102 Å². The summed E-state index contributed by atoms with van der Waals surface area (Å²) in [5, 5.41) is 0. The molecule has 0 bridgehead atoms. The van der Waals surface area contributed by atoms with Gasteiger partial charge in [-0.2, -0.15) is 42.3 Å². The Kier molecular flexibility index (Phi) is 903. The van der Waals surface area contributed by atoms with Crippen molar-refractivity contribution in [2.45, 2.75) is 0 Å². The number of rotatable bonds is 0. The quantitative estimate of drug-likeness (QED) is 0.232. The monoisotopic (exact) mass is 1930 g/mol. The Balaban J connectivity index is -0.00000000590. The van der Waals surface area contributed by atoms with Gasteiger partial charge in [0.25, 0.3) is 0 Å². The van der Waals surface area contributed by atoms with Crippen molar-refractivity contribution in [3.8, 4) is 0 Å². The van der Waals surface area contributed by atoms with E-state index in [0.29, 0.717) is 0 Å². The van der Waals surface area contributed by atoms with Crippen LogP contribution in [0.4, 0.5) is 0 Å². The Labute approximate surface area is 577 Å². The molecular formula is Cl22O11Zr11. The fourth-order valence-electron chi connectivity index (χ4n) is 0. The smallest absolute Gasteiger partial charge is 0.0832 e. The van der Waals surface area contributed by atoms with Crippen LogP contribution in [0.1, 0.15) is 0 Å². The number of hydrogen-bond acceptors (Lipinski definition) is 11. The molecule has 0 unspecified atom stereocenters. The van der Waals surface area contributed by atoms with E-state index in [0.717, 1.165) is 0 Å². The van der Waals surface area contributed by atoms with Crippen LogP contribution < -0.4 is 0 Å². The van der Waals surface area contributed by atoms with E-state index in [1.165, 1.54) is 0 Å². The molecule has 0 radical (unpaired) electrons. The molecule has 11 nitrogen and oxygen atoms in total. The molecule has 0 aliphatic rings. The predicted octanol–water partition coefficient (Wildman–Crippen LogP) is 14.4. The van der Waals surface area contributed by atoms with Crippen molar-refractivity contribution in [1.82, 2.24) is 0 Å². The maximum Gasteiger partial charge on any atom is 0.0832 e. The van der Waals surface area contributed by atoms with Crippen LogP contribution in [0.25, 0.3) is 0 Å². The maximum atomic E-state index is 4.26. The van der Waals surface area contributed by atoms with Crippen LogP contribution in [0.5, 0.6) is 0 Å². The molecule has 0 aromatic heterocycles. The van der Waals surface area contributed by atoms with Crippen LogP contribution in [0.2, 0.25) is 0 Å². The fourth-order valence-corrected chi connectivity index (χ4v) is 0. The summed E-state index contributed by atoms with van der Waals surface area (Å²) in [6, 6.07) is 0. The van der Waals surface area contributed by atoms with Crippen LogP contribution >= 0.6 is 261 Å². The molecule has 0 N–H and O–H groups in total. The minimum Gasteiger partial charge on any atom is -0.166 e. The van der Waals surface area contributed by atoms with Gasteiger partial charge in [0.15, 0.2) is 0 Å². The van der Waals surface area contributed by atoms with E-state index in [1.54, 1.807) is 0 Å². The van der Waals surface area contributed by atoms with Crippen molar-refractivity contribution in [3.05, 3.63) is 0 Å². The molecular weight excluding hydrogens is 1960 g/mol. The molecule has 0 atom stereocenters. The minimum absolute atomic E-state index is 0. The number of hydrogen-bond donors (Lipinski definition) is 0. The van der Waals surface area contributed by atoms with Crippen molar-refractivity contribution in [2.24, 2.45) is 0 Å². The van der Waals surface area contributed by atoms with E-state index in [2.05, 4.69) is 303 Å². The van der Waals surface area contributed by atoms with Gasteiger partial charge in [-0.1, -0.05) is 0 Å². The van der Waals surface area contributed by atoms with E-state index < -0.39 is 0 Å². The summed E-state index contributed by atoms with van der Waals surface area (Å²) >= 11 is 93.8. The first-order valence-corrected chi connectivity index (χ1v) is 10.2. The molecule has 0 aliphatic heterocycles. The van der Waals surface area contributed by atoms with Gasteiger partial charge in [-0.05, 0) is 0 Å². The summed E-state index contributed by atoms with van der Waals surface area (Å²) < 4.78 is 35.1. The molecule has 0 amide bonds. The van der Waals surface area contributed by atoms with Crippen LogP contribution in [-0.2, 0) is 330 Å². The van der Waals surface area contributed by atoms with Crippen molar-refractivity contribution in [2.75, 3.05) is 0 Å². The van der Waals surface area contributed by atoms with Crippen LogP contribution in [-0.4, -0.2) is 0 Å². The SMILES string of the molecule is ClOCl.ClOCl.ClOCl.ClOCl.ClOCl.ClOCl.ClOCl.ClOCl.ClOCl.ClOCl.ClOCl.[Zr].[Zr].[Zr].[Zr].[Zr].[Zr].[Zr].[Zr].[Zr].[Zr].[Zr]. The first-order valence-electron chi connectivity index (χ1n) is 3.39. The molecule has 0 heterocycles. The van der Waals surface area contributed by atoms with E-state index in [4.69, 9.17) is 0 Å². The summed E-state index contributed by atoms with van der Waals surface area (Å²) in [4.78, 5) is 0. The summed E-state index contributed by atoms with van der Waals surface area (Å²) in [6.45, 7) is 0. The van der Waals surface area contributed by atoms with Gasteiger partial charge in [0.05, 0.1) is 261 Å². The third-order valence-corrected chi connectivity index (χ3v) is 0. The van der Waals surface area contributed by atoms with Gasteiger partial charge in [-0.15, -0.1) is 0 Å². The van der Waals surface area contributed by atoms with E-state index in [1.807, 2.05) is 0 Å². The molecule has 0 saturated heterocycles. The van der Waals surface area contributed by atoms with Gasteiger partial charge in [0, 0.05) is 288 Å². The van der Waals surface area contributed by atoms with Crippen molar-refractivity contribution in [1.29, 1.82) is 0 Å². The fraction of sp³-hybridized carbons (Fsp3) is 0. The average Bonchev–Trinajstić information content (AvgIpc) is 2.68. The van der Waals surface area contributed by atoms with E-state index in [-0.39, 0.29) is 288 Å². The standard InChI is InChI=1S/11Cl2O.11Zr/c11*1-3-2;;;;;;;;;;;. The van der Waals surface area contributed by atoms with Crippen molar-refractivity contribution < 1.29 is 330 Å². The zero-order valence-corrected chi connectivity index (χ0v) is 62.0. The molecule has 44 heavy (non-hydrogen) atoms. The van der Waals surface area contributed by atoms with Gasteiger partial charge in [-0.25, -0.2) is 0 Å². The van der Waals surface area contributed by atoms with Gasteiger partial charge in [0.1, 0.15) is 0 Å². The minimum atomic E-state index is 0. The summed E-state index contributed by atoms with van der Waals surface area (Å²) in [7, 11) is 0. The van der Waals surface area contributed by atoms with Gasteiger partial charge in [-0.3, -0.25) is 0 Å². The molecule has 0 spiro atoms. The summed E-state index contributed by atoms with van der Waals surface area (Å²) in [5.74, 6) is 0. The third kappa shape index (κ3) is 755. The normalized spacial score (nSPS) is 4.50. The summed E-state index contributed by atoms with van der Waals surface area (Å²) in [5.41, 5.74) is 0. The molecule has 0 aromatic rings. The summed E-state index contributed by atoms with van der Waals surface area (Å²) in [6.07, 6.45) is 0. The van der Waals surface area contributed by atoms with Gasteiger partial charge >= 0.3 is 0 Å². The van der Waals surface area contributed by atoms with Gasteiger partial charge < -0.3 is 0 Å². The first-order chi connectivity index (χ1) is 15.6. The number of halogens is 22. The molecule has 264 valence electrons. The maximum absolute atomic E-state index is 4.26. The Bertz CT molecular complexity index is 104. The second-order valence-electron chi connectivity index (χ2n) is 0.642. The zero-order valence-electron chi connectivity index (χ0n) is 18.3.